The first-order valence-electron chi connectivity index (χ1n) is 10.1. The zero-order chi connectivity index (χ0) is 21.3. The minimum absolute atomic E-state index is 0.0249. The van der Waals surface area contributed by atoms with Crippen LogP contribution in [0.5, 0.6) is 5.75 Å². The Morgan fingerprint density at radius 2 is 1.79 bits per heavy atom. The van der Waals surface area contributed by atoms with Crippen LogP contribution in [0.2, 0.25) is 0 Å². The summed E-state index contributed by atoms with van der Waals surface area (Å²) in [4.78, 5) is 14.3. The molecule has 1 aromatic carbocycles. The summed E-state index contributed by atoms with van der Waals surface area (Å²) in [6.07, 6.45) is 5.34. The number of anilines is 1. The van der Waals surface area contributed by atoms with Gasteiger partial charge in [0, 0.05) is 12.1 Å². The smallest absolute Gasteiger partial charge is 0.418 e. The van der Waals surface area contributed by atoms with E-state index in [2.05, 4.69) is 13.8 Å². The number of benzene rings is 1. The van der Waals surface area contributed by atoms with Gasteiger partial charge in [0.2, 0.25) is 0 Å². The van der Waals surface area contributed by atoms with Crippen LogP contribution in [0.1, 0.15) is 60.8 Å². The zero-order valence-electron chi connectivity index (χ0n) is 18.4. The lowest BCUT2D eigenvalue weighted by Gasteiger charge is -2.27. The van der Waals surface area contributed by atoms with Crippen molar-refractivity contribution in [3.05, 3.63) is 36.5 Å². The molecule has 1 amide bonds. The van der Waals surface area contributed by atoms with Crippen molar-refractivity contribution in [1.82, 2.24) is 0 Å². The van der Waals surface area contributed by atoms with Gasteiger partial charge in [0.15, 0.2) is 0 Å². The van der Waals surface area contributed by atoms with E-state index in [1.54, 1.807) is 25.4 Å². The third kappa shape index (κ3) is 7.93. The van der Waals surface area contributed by atoms with Gasteiger partial charge in [-0.05, 0) is 63.8 Å². The first-order chi connectivity index (χ1) is 13.1. The largest absolute Gasteiger partial charge is 0.497 e. The number of ether oxygens (including phenoxy) is 2. The first kappa shape index (κ1) is 24.0. The van der Waals surface area contributed by atoms with Crippen molar-refractivity contribution < 1.29 is 19.4 Å². The third-order valence-corrected chi connectivity index (χ3v) is 4.71. The Kier molecular flexibility index (Phi) is 9.53. The van der Waals surface area contributed by atoms with E-state index in [1.165, 1.54) is 4.90 Å². The molecule has 0 unspecified atom stereocenters. The molecule has 0 aromatic heterocycles. The Balaban J connectivity index is 3.16. The second kappa shape index (κ2) is 11.1. The van der Waals surface area contributed by atoms with Crippen LogP contribution in [0.3, 0.4) is 0 Å². The molecule has 0 heterocycles. The van der Waals surface area contributed by atoms with Gasteiger partial charge in [-0.25, -0.2) is 4.79 Å². The average molecular weight is 392 g/mol. The van der Waals surface area contributed by atoms with E-state index < -0.39 is 17.8 Å². The molecule has 0 aliphatic heterocycles. The predicted octanol–water partition coefficient (Wildman–Crippen LogP) is 5.77. The Morgan fingerprint density at radius 1 is 1.18 bits per heavy atom. The fourth-order valence-electron chi connectivity index (χ4n) is 2.80. The molecular weight excluding hydrogens is 354 g/mol. The average Bonchev–Trinajstić information content (AvgIpc) is 2.65. The molecule has 1 rings (SSSR count). The van der Waals surface area contributed by atoms with E-state index in [0.717, 1.165) is 12.8 Å². The second-order valence-corrected chi connectivity index (χ2v) is 8.28. The molecule has 0 bridgehead atoms. The van der Waals surface area contributed by atoms with Gasteiger partial charge in [0.25, 0.3) is 0 Å². The van der Waals surface area contributed by atoms with Crippen molar-refractivity contribution in [2.75, 3.05) is 12.0 Å². The fourth-order valence-corrected chi connectivity index (χ4v) is 2.80. The van der Waals surface area contributed by atoms with E-state index in [9.17, 15) is 9.90 Å². The third-order valence-electron chi connectivity index (χ3n) is 4.71. The summed E-state index contributed by atoms with van der Waals surface area (Å²) in [5.41, 5.74) is 0.0777. The van der Waals surface area contributed by atoms with Crippen molar-refractivity contribution in [2.45, 2.75) is 72.5 Å². The van der Waals surface area contributed by atoms with Crippen molar-refractivity contribution in [2.24, 2.45) is 11.8 Å². The van der Waals surface area contributed by atoms with Crippen LogP contribution in [-0.4, -0.2) is 30.0 Å². The molecule has 0 aliphatic carbocycles. The molecule has 1 aromatic rings. The summed E-state index contributed by atoms with van der Waals surface area (Å²) in [6.45, 7) is 11.8. The topological polar surface area (TPSA) is 59.0 Å². The number of rotatable bonds is 9. The van der Waals surface area contributed by atoms with Gasteiger partial charge in [-0.2, -0.15) is 0 Å². The minimum Gasteiger partial charge on any atom is -0.497 e. The Hall–Kier alpha value is -2.01. The Labute approximate surface area is 170 Å². The van der Waals surface area contributed by atoms with E-state index in [1.807, 2.05) is 45.9 Å². The quantitative estimate of drug-likeness (QED) is 0.580. The van der Waals surface area contributed by atoms with Crippen LogP contribution in [0.4, 0.5) is 10.5 Å². The number of nitrogens with zero attached hydrogens (tertiary/aromatic N) is 1. The molecule has 3 atom stereocenters. The highest BCUT2D eigenvalue weighted by atomic mass is 16.6. The zero-order valence-corrected chi connectivity index (χ0v) is 18.4. The molecule has 0 spiro atoms. The number of aliphatic hydroxyl groups excluding tert-OH is 1. The Morgan fingerprint density at radius 3 is 2.25 bits per heavy atom. The lowest BCUT2D eigenvalue weighted by atomic mass is 9.89. The normalized spacial score (nSPS) is 15.1. The summed E-state index contributed by atoms with van der Waals surface area (Å²) in [6, 6.07) is 7.23. The van der Waals surface area contributed by atoms with Gasteiger partial charge in [0.05, 0.1) is 18.9 Å². The monoisotopic (exact) mass is 391 g/mol. The standard InChI is InChI=1S/C23H37NO4/c1-8-17(3)16-18(21(25)9-2)14-15-24(22(26)28-23(4,5)6)19-10-12-20(27-7)13-11-19/h10-15,17-18,21,25H,8-9,16H2,1-7H3/b15-14+/t17-,18+,21+/m0/s1. The van der Waals surface area contributed by atoms with Gasteiger partial charge < -0.3 is 14.6 Å². The second-order valence-electron chi connectivity index (χ2n) is 8.28. The highest BCUT2D eigenvalue weighted by molar-refractivity contribution is 5.90. The van der Waals surface area contributed by atoms with Gasteiger partial charge in [-0.3, -0.25) is 4.90 Å². The van der Waals surface area contributed by atoms with E-state index in [-0.39, 0.29) is 5.92 Å². The van der Waals surface area contributed by atoms with Gasteiger partial charge in [-0.15, -0.1) is 0 Å². The van der Waals surface area contributed by atoms with Crippen molar-refractivity contribution in [3.8, 4) is 5.75 Å². The number of carbonyl (C=O) groups excluding carboxylic acids is 1. The highest BCUT2D eigenvalue weighted by Gasteiger charge is 2.23. The van der Waals surface area contributed by atoms with Crippen LogP contribution >= 0.6 is 0 Å². The maximum atomic E-state index is 12.8. The first-order valence-corrected chi connectivity index (χ1v) is 10.1. The van der Waals surface area contributed by atoms with Gasteiger partial charge in [-0.1, -0.05) is 33.3 Å². The molecule has 28 heavy (non-hydrogen) atoms. The minimum atomic E-state index is -0.602. The van der Waals surface area contributed by atoms with Crippen molar-refractivity contribution >= 4 is 11.8 Å². The SMILES string of the molecule is CC[C@H](C)C[C@@H](/C=C/N(C(=O)OC(C)(C)C)c1ccc(OC)cc1)[C@H](O)CC. The molecule has 158 valence electrons. The van der Waals surface area contributed by atoms with E-state index >= 15 is 0 Å². The molecule has 0 saturated heterocycles. The van der Waals surface area contributed by atoms with Crippen molar-refractivity contribution in [1.29, 1.82) is 0 Å². The molecule has 0 radical (unpaired) electrons. The fraction of sp³-hybridized carbons (Fsp3) is 0.609. The van der Waals surface area contributed by atoms with Crippen LogP contribution in [0.25, 0.3) is 0 Å². The molecule has 0 fully saturated rings. The van der Waals surface area contributed by atoms with Gasteiger partial charge in [0.1, 0.15) is 11.4 Å². The molecule has 1 N–H and O–H groups in total. The predicted molar refractivity (Wildman–Crippen MR) is 115 cm³/mol. The van der Waals surface area contributed by atoms with Crippen LogP contribution in [0.15, 0.2) is 36.5 Å². The molecule has 0 saturated carbocycles. The molecule has 0 aliphatic rings. The molecule has 5 heteroatoms. The number of hydrogen-bond acceptors (Lipinski definition) is 4. The summed E-state index contributed by atoms with van der Waals surface area (Å²) >= 11 is 0. The number of amides is 1. The van der Waals surface area contributed by atoms with Crippen LogP contribution < -0.4 is 9.64 Å². The lowest BCUT2D eigenvalue weighted by Crippen LogP contribution is -2.34. The van der Waals surface area contributed by atoms with Crippen LogP contribution in [-0.2, 0) is 4.74 Å². The maximum absolute atomic E-state index is 12.8. The lowest BCUT2D eigenvalue weighted by molar-refractivity contribution is 0.0595. The van der Waals surface area contributed by atoms with E-state index in [4.69, 9.17) is 9.47 Å². The van der Waals surface area contributed by atoms with Crippen molar-refractivity contribution in [3.63, 3.8) is 0 Å². The summed E-state index contributed by atoms with van der Waals surface area (Å²) in [7, 11) is 1.60. The number of hydrogen-bond donors (Lipinski definition) is 1. The van der Waals surface area contributed by atoms with Gasteiger partial charge >= 0.3 is 6.09 Å². The Bertz CT molecular complexity index is 618. The molecular formula is C23H37NO4. The summed E-state index contributed by atoms with van der Waals surface area (Å²) in [5.74, 6) is 1.18. The van der Waals surface area contributed by atoms with Crippen LogP contribution in [0, 0.1) is 11.8 Å². The molecule has 5 nitrogen and oxygen atoms in total. The maximum Gasteiger partial charge on any atom is 0.418 e. The number of aliphatic hydroxyl groups is 1. The highest BCUT2D eigenvalue weighted by Crippen LogP contribution is 2.25. The number of carbonyl (C=O) groups is 1. The summed E-state index contributed by atoms with van der Waals surface area (Å²) in [5, 5.41) is 10.4. The van der Waals surface area contributed by atoms with E-state index in [0.29, 0.717) is 23.8 Å². The summed E-state index contributed by atoms with van der Waals surface area (Å²) < 4.78 is 10.8. The number of methoxy groups -OCH3 is 1.